The minimum absolute atomic E-state index is 0.201. The maximum absolute atomic E-state index is 11.9. The molecule has 0 aliphatic heterocycles. The molecule has 0 heterocycles. The molecular weight excluding hydrogens is 213 g/mol. The SMILES string of the molecule is Cc1cccc(SC(=O)C(F)(F)F)c1. The van der Waals surface area contributed by atoms with E-state index in [-0.39, 0.29) is 11.8 Å². The molecule has 14 heavy (non-hydrogen) atoms. The highest BCUT2D eigenvalue weighted by molar-refractivity contribution is 8.13. The van der Waals surface area contributed by atoms with Crippen molar-refractivity contribution in [3.63, 3.8) is 0 Å². The summed E-state index contributed by atoms with van der Waals surface area (Å²) < 4.78 is 35.6. The third kappa shape index (κ3) is 3.06. The van der Waals surface area contributed by atoms with Crippen LogP contribution in [0.5, 0.6) is 0 Å². The third-order valence-corrected chi connectivity index (χ3v) is 2.34. The molecule has 5 heteroatoms. The number of benzene rings is 1. The second-order valence-electron chi connectivity index (χ2n) is 2.70. The van der Waals surface area contributed by atoms with E-state index in [1.807, 2.05) is 0 Å². The van der Waals surface area contributed by atoms with E-state index in [0.29, 0.717) is 4.90 Å². The molecule has 0 saturated carbocycles. The van der Waals surface area contributed by atoms with Crippen LogP contribution in [0.2, 0.25) is 0 Å². The van der Waals surface area contributed by atoms with Crippen molar-refractivity contribution in [2.24, 2.45) is 0 Å². The average molecular weight is 220 g/mol. The van der Waals surface area contributed by atoms with Gasteiger partial charge in [-0.3, -0.25) is 4.79 Å². The van der Waals surface area contributed by atoms with Crippen LogP contribution in [0.3, 0.4) is 0 Å². The molecule has 0 aliphatic carbocycles. The first-order valence-electron chi connectivity index (χ1n) is 3.75. The summed E-state index contributed by atoms with van der Waals surface area (Å²) in [6.07, 6.45) is -4.77. The smallest absolute Gasteiger partial charge is 0.276 e. The maximum atomic E-state index is 11.9. The van der Waals surface area contributed by atoms with Gasteiger partial charge in [0.25, 0.3) is 5.12 Å². The quantitative estimate of drug-likeness (QED) is 0.676. The first-order valence-corrected chi connectivity index (χ1v) is 4.57. The number of alkyl halides is 3. The molecule has 1 aromatic rings. The summed E-state index contributed by atoms with van der Waals surface area (Å²) in [4.78, 5) is 10.9. The van der Waals surface area contributed by atoms with E-state index in [4.69, 9.17) is 0 Å². The van der Waals surface area contributed by atoms with Crippen LogP contribution in [0.15, 0.2) is 29.2 Å². The van der Waals surface area contributed by atoms with Gasteiger partial charge in [-0.1, -0.05) is 17.7 Å². The fraction of sp³-hybridized carbons (Fsp3) is 0.222. The van der Waals surface area contributed by atoms with Crippen LogP contribution < -0.4 is 0 Å². The van der Waals surface area contributed by atoms with E-state index >= 15 is 0 Å². The van der Waals surface area contributed by atoms with Crippen LogP contribution in [0.25, 0.3) is 0 Å². The molecule has 0 amide bonds. The largest absolute Gasteiger partial charge is 0.461 e. The number of rotatable bonds is 1. The van der Waals surface area contributed by atoms with Gasteiger partial charge in [-0.05, 0) is 30.8 Å². The van der Waals surface area contributed by atoms with Gasteiger partial charge in [0.05, 0.1) is 0 Å². The highest BCUT2D eigenvalue weighted by Gasteiger charge is 2.38. The molecule has 76 valence electrons. The molecule has 0 spiro atoms. The summed E-state index contributed by atoms with van der Waals surface area (Å²) in [6.45, 7) is 1.75. The van der Waals surface area contributed by atoms with Gasteiger partial charge < -0.3 is 0 Å². The Morgan fingerprint density at radius 2 is 2.00 bits per heavy atom. The Morgan fingerprint density at radius 1 is 1.36 bits per heavy atom. The number of carbonyl (C=O) groups excluding carboxylic acids is 1. The second kappa shape index (κ2) is 4.04. The van der Waals surface area contributed by atoms with Crippen molar-refractivity contribution >= 4 is 16.9 Å². The van der Waals surface area contributed by atoms with Crippen molar-refractivity contribution in [3.05, 3.63) is 29.8 Å². The first-order chi connectivity index (χ1) is 6.39. The lowest BCUT2D eigenvalue weighted by molar-refractivity contribution is -0.160. The molecule has 0 aromatic heterocycles. The molecule has 0 atom stereocenters. The number of aryl methyl sites for hydroxylation is 1. The highest BCUT2D eigenvalue weighted by atomic mass is 32.2. The Labute approximate surface area is 83.3 Å². The summed E-state index contributed by atoms with van der Waals surface area (Å²) in [5.41, 5.74) is 0.824. The van der Waals surface area contributed by atoms with Crippen LogP contribution in [0.4, 0.5) is 13.2 Å². The van der Waals surface area contributed by atoms with Crippen molar-refractivity contribution < 1.29 is 18.0 Å². The Hall–Kier alpha value is -0.970. The zero-order chi connectivity index (χ0) is 10.8. The summed E-state index contributed by atoms with van der Waals surface area (Å²) >= 11 is 0.201. The number of thioether (sulfide) groups is 1. The van der Waals surface area contributed by atoms with Crippen molar-refractivity contribution in [2.75, 3.05) is 0 Å². The van der Waals surface area contributed by atoms with Crippen LogP contribution in [0.1, 0.15) is 5.56 Å². The van der Waals surface area contributed by atoms with Gasteiger partial charge in [0.1, 0.15) is 0 Å². The van der Waals surface area contributed by atoms with Gasteiger partial charge in [-0.2, -0.15) is 13.2 Å². The summed E-state index contributed by atoms with van der Waals surface area (Å²) in [6, 6.07) is 6.37. The fourth-order valence-corrected chi connectivity index (χ4v) is 1.56. The predicted octanol–water partition coefficient (Wildman–Crippen LogP) is 3.18. The molecular formula is C9H7F3OS. The van der Waals surface area contributed by atoms with E-state index in [1.165, 1.54) is 12.1 Å². The third-order valence-electron chi connectivity index (χ3n) is 1.43. The van der Waals surface area contributed by atoms with E-state index in [2.05, 4.69) is 0 Å². The van der Waals surface area contributed by atoms with Gasteiger partial charge in [0.15, 0.2) is 0 Å². The van der Waals surface area contributed by atoms with Crippen molar-refractivity contribution in [1.82, 2.24) is 0 Å². The fourth-order valence-electron chi connectivity index (χ4n) is 0.844. The molecule has 0 saturated heterocycles. The van der Waals surface area contributed by atoms with E-state index in [1.54, 1.807) is 19.1 Å². The molecule has 0 aliphatic rings. The maximum Gasteiger partial charge on any atom is 0.461 e. The van der Waals surface area contributed by atoms with Crippen LogP contribution in [-0.4, -0.2) is 11.3 Å². The molecule has 1 aromatic carbocycles. The van der Waals surface area contributed by atoms with Crippen molar-refractivity contribution in [2.45, 2.75) is 18.0 Å². The second-order valence-corrected chi connectivity index (χ2v) is 3.75. The zero-order valence-electron chi connectivity index (χ0n) is 7.26. The number of hydrogen-bond donors (Lipinski definition) is 0. The van der Waals surface area contributed by atoms with Gasteiger partial charge >= 0.3 is 6.18 Å². The first kappa shape index (κ1) is 11.1. The summed E-state index contributed by atoms with van der Waals surface area (Å²) in [5.74, 6) is 0. The van der Waals surface area contributed by atoms with Crippen molar-refractivity contribution in [1.29, 1.82) is 0 Å². The molecule has 0 bridgehead atoms. The highest BCUT2D eigenvalue weighted by Crippen LogP contribution is 2.29. The zero-order valence-corrected chi connectivity index (χ0v) is 8.08. The Morgan fingerprint density at radius 3 is 2.50 bits per heavy atom. The molecule has 0 N–H and O–H groups in total. The normalized spacial score (nSPS) is 11.4. The number of halogens is 3. The predicted molar refractivity (Wildman–Crippen MR) is 48.1 cm³/mol. The standard InChI is InChI=1S/C9H7F3OS/c1-6-3-2-4-7(5-6)14-8(13)9(10,11)12/h2-5H,1H3. The average Bonchev–Trinajstić information content (AvgIpc) is 2.02. The number of hydrogen-bond acceptors (Lipinski definition) is 2. The van der Waals surface area contributed by atoms with Crippen LogP contribution in [-0.2, 0) is 4.79 Å². The molecule has 1 nitrogen and oxygen atoms in total. The van der Waals surface area contributed by atoms with Crippen LogP contribution >= 0.6 is 11.8 Å². The molecule has 0 unspecified atom stereocenters. The minimum Gasteiger partial charge on any atom is -0.276 e. The Balaban J connectivity index is 2.75. The molecule has 0 fully saturated rings. The lowest BCUT2D eigenvalue weighted by Crippen LogP contribution is -2.18. The topological polar surface area (TPSA) is 17.1 Å². The van der Waals surface area contributed by atoms with Gasteiger partial charge in [-0.15, -0.1) is 0 Å². The van der Waals surface area contributed by atoms with Gasteiger partial charge in [0, 0.05) is 4.90 Å². The Kier molecular flexibility index (Phi) is 3.21. The van der Waals surface area contributed by atoms with Crippen LogP contribution in [0, 0.1) is 6.92 Å². The monoisotopic (exact) mass is 220 g/mol. The van der Waals surface area contributed by atoms with E-state index < -0.39 is 11.3 Å². The summed E-state index contributed by atoms with van der Waals surface area (Å²) in [5, 5.41) is -1.79. The lowest BCUT2D eigenvalue weighted by atomic mass is 10.2. The van der Waals surface area contributed by atoms with Gasteiger partial charge in [0.2, 0.25) is 0 Å². The number of carbonyl (C=O) groups is 1. The molecule has 0 radical (unpaired) electrons. The molecule has 1 rings (SSSR count). The minimum atomic E-state index is -4.77. The van der Waals surface area contributed by atoms with Crippen molar-refractivity contribution in [3.8, 4) is 0 Å². The van der Waals surface area contributed by atoms with E-state index in [0.717, 1.165) is 5.56 Å². The Bertz CT molecular complexity index is 346. The van der Waals surface area contributed by atoms with Gasteiger partial charge in [-0.25, -0.2) is 0 Å². The lowest BCUT2D eigenvalue weighted by Gasteiger charge is -2.04. The van der Waals surface area contributed by atoms with E-state index in [9.17, 15) is 18.0 Å². The summed E-state index contributed by atoms with van der Waals surface area (Å²) in [7, 11) is 0.